The summed E-state index contributed by atoms with van der Waals surface area (Å²) in [7, 11) is 0. The third kappa shape index (κ3) is 3.70. The average molecular weight is 261 g/mol. The fourth-order valence-electron chi connectivity index (χ4n) is 2.44. The molecule has 1 amide bonds. The van der Waals surface area contributed by atoms with Crippen LogP contribution >= 0.6 is 0 Å². The van der Waals surface area contributed by atoms with Gasteiger partial charge in [0.15, 0.2) is 0 Å². The molecular formula is C15H23N3O. The molecule has 2 N–H and O–H groups in total. The highest BCUT2D eigenvalue weighted by Gasteiger charge is 2.22. The number of benzene rings is 1. The van der Waals surface area contributed by atoms with Crippen molar-refractivity contribution in [2.24, 2.45) is 5.92 Å². The Hall–Kier alpha value is -1.55. The number of nitrogen functional groups attached to an aromatic ring is 1. The lowest BCUT2D eigenvalue weighted by molar-refractivity contribution is -0.136. The molecule has 2 rings (SSSR count). The zero-order chi connectivity index (χ0) is 13.8. The highest BCUT2D eigenvalue weighted by atomic mass is 16.2. The van der Waals surface area contributed by atoms with Crippen molar-refractivity contribution < 1.29 is 4.79 Å². The maximum absolute atomic E-state index is 11.9. The van der Waals surface area contributed by atoms with Crippen molar-refractivity contribution in [3.8, 4) is 0 Å². The van der Waals surface area contributed by atoms with Crippen molar-refractivity contribution >= 4 is 11.6 Å². The second-order valence-corrected chi connectivity index (χ2v) is 5.50. The van der Waals surface area contributed by atoms with Gasteiger partial charge in [-0.15, -0.1) is 0 Å². The Kier molecular flexibility index (Phi) is 4.43. The van der Waals surface area contributed by atoms with Crippen molar-refractivity contribution in [3.05, 3.63) is 29.8 Å². The molecule has 0 atom stereocenters. The predicted octanol–water partition coefficient (Wildman–Crippen LogP) is 1.57. The van der Waals surface area contributed by atoms with Gasteiger partial charge in [-0.25, -0.2) is 0 Å². The molecule has 1 aliphatic heterocycles. The van der Waals surface area contributed by atoms with Crippen LogP contribution in [0.3, 0.4) is 0 Å². The number of anilines is 1. The van der Waals surface area contributed by atoms with Gasteiger partial charge in [0.1, 0.15) is 0 Å². The van der Waals surface area contributed by atoms with Crippen molar-refractivity contribution in [2.75, 3.05) is 31.9 Å². The minimum absolute atomic E-state index is 0.0977. The summed E-state index contributed by atoms with van der Waals surface area (Å²) in [6.45, 7) is 8.37. The zero-order valence-corrected chi connectivity index (χ0v) is 11.8. The molecular weight excluding hydrogens is 238 g/mol. The van der Waals surface area contributed by atoms with E-state index in [1.165, 1.54) is 5.56 Å². The van der Waals surface area contributed by atoms with E-state index in [0.29, 0.717) is 0 Å². The van der Waals surface area contributed by atoms with Crippen molar-refractivity contribution in [2.45, 2.75) is 20.4 Å². The maximum atomic E-state index is 11.9. The Labute approximate surface area is 115 Å². The van der Waals surface area contributed by atoms with Gasteiger partial charge in [0.05, 0.1) is 0 Å². The normalized spacial score (nSPS) is 16.9. The van der Waals surface area contributed by atoms with E-state index in [2.05, 4.69) is 11.0 Å². The molecule has 0 bridgehead atoms. The molecule has 19 heavy (non-hydrogen) atoms. The minimum atomic E-state index is 0.0977. The van der Waals surface area contributed by atoms with Gasteiger partial charge in [0, 0.05) is 44.3 Å². The van der Waals surface area contributed by atoms with Gasteiger partial charge >= 0.3 is 0 Å². The minimum Gasteiger partial charge on any atom is -0.399 e. The quantitative estimate of drug-likeness (QED) is 0.840. The molecule has 1 heterocycles. The third-order valence-corrected chi connectivity index (χ3v) is 3.54. The first-order chi connectivity index (χ1) is 9.06. The summed E-state index contributed by atoms with van der Waals surface area (Å²) in [6.07, 6.45) is 0. The highest BCUT2D eigenvalue weighted by molar-refractivity contribution is 5.78. The van der Waals surface area contributed by atoms with E-state index in [9.17, 15) is 4.79 Å². The Morgan fingerprint density at radius 3 is 2.53 bits per heavy atom. The van der Waals surface area contributed by atoms with Crippen molar-refractivity contribution in [3.63, 3.8) is 0 Å². The van der Waals surface area contributed by atoms with Crippen LogP contribution in [0.1, 0.15) is 19.4 Å². The van der Waals surface area contributed by atoms with Crippen molar-refractivity contribution in [1.29, 1.82) is 0 Å². The number of nitrogens with two attached hydrogens (primary N) is 1. The van der Waals surface area contributed by atoms with Gasteiger partial charge < -0.3 is 10.6 Å². The highest BCUT2D eigenvalue weighted by Crippen LogP contribution is 2.12. The summed E-state index contributed by atoms with van der Waals surface area (Å²) >= 11 is 0. The standard InChI is InChI=1S/C15H23N3O/c1-12(2)15(19)18-8-6-17(7-9-18)11-13-4-3-5-14(16)10-13/h3-5,10,12H,6-9,11,16H2,1-2H3. The molecule has 4 nitrogen and oxygen atoms in total. The molecule has 104 valence electrons. The molecule has 0 unspecified atom stereocenters. The number of carbonyl (C=O) groups is 1. The Morgan fingerprint density at radius 2 is 1.95 bits per heavy atom. The smallest absolute Gasteiger partial charge is 0.225 e. The second-order valence-electron chi connectivity index (χ2n) is 5.50. The number of nitrogens with zero attached hydrogens (tertiary/aromatic N) is 2. The first kappa shape index (κ1) is 13.9. The van der Waals surface area contributed by atoms with Crippen LogP contribution in [0.15, 0.2) is 24.3 Å². The lowest BCUT2D eigenvalue weighted by Gasteiger charge is -2.35. The number of amides is 1. The van der Waals surface area contributed by atoms with E-state index in [0.717, 1.165) is 38.4 Å². The number of hydrogen-bond donors (Lipinski definition) is 1. The van der Waals surface area contributed by atoms with E-state index >= 15 is 0 Å². The first-order valence-corrected chi connectivity index (χ1v) is 6.92. The zero-order valence-electron chi connectivity index (χ0n) is 11.8. The van der Waals surface area contributed by atoms with E-state index in [1.54, 1.807) is 0 Å². The van der Waals surface area contributed by atoms with E-state index in [4.69, 9.17) is 5.73 Å². The molecule has 1 aliphatic rings. The van der Waals surface area contributed by atoms with Crippen molar-refractivity contribution in [1.82, 2.24) is 9.80 Å². The van der Waals surface area contributed by atoms with E-state index in [1.807, 2.05) is 36.9 Å². The number of piperazine rings is 1. The van der Waals surface area contributed by atoms with Gasteiger partial charge in [-0.1, -0.05) is 26.0 Å². The number of carbonyl (C=O) groups excluding carboxylic acids is 1. The van der Waals surface area contributed by atoms with Crippen LogP contribution in [0.2, 0.25) is 0 Å². The Bertz CT molecular complexity index is 437. The van der Waals surface area contributed by atoms with Crippen LogP contribution in [0.25, 0.3) is 0 Å². The van der Waals surface area contributed by atoms with Crippen LogP contribution in [-0.2, 0) is 11.3 Å². The van der Waals surface area contributed by atoms with E-state index in [-0.39, 0.29) is 11.8 Å². The predicted molar refractivity (Wildman–Crippen MR) is 77.5 cm³/mol. The Balaban J connectivity index is 1.85. The molecule has 0 spiro atoms. The molecule has 1 fully saturated rings. The third-order valence-electron chi connectivity index (χ3n) is 3.54. The summed E-state index contributed by atoms with van der Waals surface area (Å²) in [5, 5.41) is 0. The average Bonchev–Trinajstić information content (AvgIpc) is 2.39. The van der Waals surface area contributed by atoms with Gasteiger partial charge in [0.2, 0.25) is 5.91 Å². The molecule has 0 aromatic heterocycles. The van der Waals surface area contributed by atoms with Crippen LogP contribution in [-0.4, -0.2) is 41.9 Å². The summed E-state index contributed by atoms with van der Waals surface area (Å²) in [5.41, 5.74) is 7.84. The van der Waals surface area contributed by atoms with Gasteiger partial charge in [0.25, 0.3) is 0 Å². The van der Waals surface area contributed by atoms with Gasteiger partial charge in [-0.05, 0) is 17.7 Å². The summed E-state index contributed by atoms with van der Waals surface area (Å²) in [6, 6.07) is 8.01. The summed E-state index contributed by atoms with van der Waals surface area (Å²) < 4.78 is 0. The molecule has 0 radical (unpaired) electrons. The van der Waals surface area contributed by atoms with Gasteiger partial charge in [-0.2, -0.15) is 0 Å². The SMILES string of the molecule is CC(C)C(=O)N1CCN(Cc2cccc(N)c2)CC1. The topological polar surface area (TPSA) is 49.6 Å². The summed E-state index contributed by atoms with van der Waals surface area (Å²) in [4.78, 5) is 16.2. The molecule has 0 aliphatic carbocycles. The number of rotatable bonds is 3. The lowest BCUT2D eigenvalue weighted by atomic mass is 10.1. The fourth-order valence-corrected chi connectivity index (χ4v) is 2.44. The summed E-state index contributed by atoms with van der Waals surface area (Å²) in [5.74, 6) is 0.365. The molecule has 1 saturated heterocycles. The Morgan fingerprint density at radius 1 is 1.26 bits per heavy atom. The molecule has 1 aromatic rings. The molecule has 0 saturated carbocycles. The van der Waals surface area contributed by atoms with Crippen LogP contribution < -0.4 is 5.73 Å². The van der Waals surface area contributed by atoms with Crippen LogP contribution in [0.4, 0.5) is 5.69 Å². The largest absolute Gasteiger partial charge is 0.399 e. The van der Waals surface area contributed by atoms with E-state index < -0.39 is 0 Å². The maximum Gasteiger partial charge on any atom is 0.225 e. The first-order valence-electron chi connectivity index (χ1n) is 6.92. The lowest BCUT2D eigenvalue weighted by Crippen LogP contribution is -2.49. The van der Waals surface area contributed by atoms with Crippen LogP contribution in [0.5, 0.6) is 0 Å². The number of hydrogen-bond acceptors (Lipinski definition) is 3. The van der Waals surface area contributed by atoms with Gasteiger partial charge in [-0.3, -0.25) is 9.69 Å². The molecule has 4 heteroatoms. The van der Waals surface area contributed by atoms with Crippen LogP contribution in [0, 0.1) is 5.92 Å². The monoisotopic (exact) mass is 261 g/mol. The fraction of sp³-hybridized carbons (Fsp3) is 0.533. The molecule has 1 aromatic carbocycles. The second kappa shape index (κ2) is 6.06.